The van der Waals surface area contributed by atoms with Gasteiger partial charge < -0.3 is 19.5 Å². The van der Waals surface area contributed by atoms with Gasteiger partial charge in [0.05, 0.1) is 31.5 Å². The largest absolute Gasteiger partial charge is 0.493 e. The quantitative estimate of drug-likeness (QED) is 0.705. The molecular formula is C21H21N3O4. The van der Waals surface area contributed by atoms with Crippen LogP contribution in [-0.2, 0) is 9.53 Å². The second kappa shape index (κ2) is 7.82. The average Bonchev–Trinajstić information content (AvgIpc) is 3.16. The van der Waals surface area contributed by atoms with Crippen molar-refractivity contribution in [3.8, 4) is 22.8 Å². The summed E-state index contributed by atoms with van der Waals surface area (Å²) in [7, 11) is 3.21. The second-order valence-corrected chi connectivity index (χ2v) is 6.55. The van der Waals surface area contributed by atoms with Gasteiger partial charge in [0.25, 0.3) is 0 Å². The summed E-state index contributed by atoms with van der Waals surface area (Å²) < 4.78 is 16.2. The number of hydrogen-bond donors (Lipinski definition) is 1. The number of carbonyl (C=O) groups excluding carboxylic acids is 1. The fraction of sp³-hybridized carbons (Fsp3) is 0.286. The van der Waals surface area contributed by atoms with Gasteiger partial charge in [0, 0.05) is 30.1 Å². The Balaban J connectivity index is 1.70. The Hall–Kier alpha value is -3.19. The fourth-order valence-corrected chi connectivity index (χ4v) is 3.28. The van der Waals surface area contributed by atoms with Crippen LogP contribution in [0, 0.1) is 0 Å². The maximum Gasteiger partial charge on any atom is 0.161 e. The fourth-order valence-electron chi connectivity index (χ4n) is 3.28. The molecule has 4 rings (SSSR count). The van der Waals surface area contributed by atoms with E-state index in [9.17, 15) is 4.79 Å². The molecule has 0 spiro atoms. The number of anilines is 1. The van der Waals surface area contributed by atoms with Crippen molar-refractivity contribution in [1.29, 1.82) is 0 Å². The molecule has 0 amide bonds. The first-order chi connectivity index (χ1) is 13.7. The minimum atomic E-state index is -0.134. The molecule has 1 aromatic carbocycles. The molecule has 2 aromatic heterocycles. The van der Waals surface area contributed by atoms with Crippen molar-refractivity contribution in [1.82, 2.24) is 9.97 Å². The Morgan fingerprint density at radius 3 is 2.79 bits per heavy atom. The lowest BCUT2D eigenvalue weighted by molar-refractivity contribution is -0.117. The van der Waals surface area contributed by atoms with E-state index in [-0.39, 0.29) is 18.5 Å². The smallest absolute Gasteiger partial charge is 0.161 e. The van der Waals surface area contributed by atoms with E-state index in [2.05, 4.69) is 10.3 Å². The zero-order valence-corrected chi connectivity index (χ0v) is 15.8. The number of Topliss-reactive ketones (excluding diaryl/α,β-unsaturated/α-hetero) is 1. The second-order valence-electron chi connectivity index (χ2n) is 6.55. The summed E-state index contributed by atoms with van der Waals surface area (Å²) in [6, 6.07) is 11.5. The third-order valence-electron chi connectivity index (χ3n) is 4.71. The van der Waals surface area contributed by atoms with Crippen molar-refractivity contribution in [2.24, 2.45) is 0 Å². The van der Waals surface area contributed by atoms with Gasteiger partial charge in [0.15, 0.2) is 17.3 Å². The molecule has 0 bridgehead atoms. The lowest BCUT2D eigenvalue weighted by Crippen LogP contribution is -2.19. The lowest BCUT2D eigenvalue weighted by atomic mass is 10.1. The van der Waals surface area contributed by atoms with E-state index >= 15 is 0 Å². The van der Waals surface area contributed by atoms with E-state index in [1.54, 1.807) is 20.4 Å². The number of ether oxygens (including phenoxy) is 3. The molecule has 3 heterocycles. The molecule has 1 unspecified atom stereocenters. The van der Waals surface area contributed by atoms with Gasteiger partial charge in [-0.3, -0.25) is 9.78 Å². The van der Waals surface area contributed by atoms with Crippen LogP contribution in [0.3, 0.4) is 0 Å². The summed E-state index contributed by atoms with van der Waals surface area (Å²) >= 11 is 0. The van der Waals surface area contributed by atoms with E-state index < -0.39 is 0 Å². The zero-order chi connectivity index (χ0) is 19.5. The molecule has 0 saturated carbocycles. The van der Waals surface area contributed by atoms with Crippen LogP contribution in [0.1, 0.15) is 6.42 Å². The molecule has 1 N–H and O–H groups in total. The normalized spacial score (nSPS) is 16.4. The van der Waals surface area contributed by atoms with Crippen molar-refractivity contribution in [2.45, 2.75) is 12.5 Å². The maximum atomic E-state index is 11.4. The number of fused-ring (bicyclic) bond motifs is 1. The minimum Gasteiger partial charge on any atom is -0.493 e. The van der Waals surface area contributed by atoms with E-state index in [0.29, 0.717) is 30.3 Å². The number of benzene rings is 1. The van der Waals surface area contributed by atoms with Crippen LogP contribution >= 0.6 is 0 Å². The molecule has 1 aliphatic rings. The van der Waals surface area contributed by atoms with Crippen molar-refractivity contribution >= 4 is 22.5 Å². The SMILES string of the molecule is COc1ccc(-c2cc3ncccc3c(NCC3CC(=O)CO3)n2)cc1OC. The van der Waals surface area contributed by atoms with Gasteiger partial charge in [0.1, 0.15) is 12.4 Å². The number of methoxy groups -OCH3 is 2. The van der Waals surface area contributed by atoms with E-state index in [1.807, 2.05) is 36.4 Å². The first-order valence-corrected chi connectivity index (χ1v) is 9.03. The van der Waals surface area contributed by atoms with Crippen LogP contribution in [-0.4, -0.2) is 49.2 Å². The number of ketones is 1. The van der Waals surface area contributed by atoms with E-state index in [4.69, 9.17) is 19.2 Å². The first-order valence-electron chi connectivity index (χ1n) is 9.03. The summed E-state index contributed by atoms with van der Waals surface area (Å²) in [6.45, 7) is 0.700. The number of carbonyl (C=O) groups is 1. The Morgan fingerprint density at radius 2 is 2.04 bits per heavy atom. The minimum absolute atomic E-state index is 0.130. The molecule has 3 aromatic rings. The summed E-state index contributed by atoms with van der Waals surface area (Å²) in [6.07, 6.45) is 2.05. The Kier molecular flexibility index (Phi) is 5.08. The van der Waals surface area contributed by atoms with Gasteiger partial charge in [-0.2, -0.15) is 0 Å². The predicted octanol–water partition coefficient (Wildman–Crippen LogP) is 3.08. The Morgan fingerprint density at radius 1 is 1.18 bits per heavy atom. The molecule has 1 aliphatic heterocycles. The van der Waals surface area contributed by atoms with Crippen LogP contribution < -0.4 is 14.8 Å². The molecular weight excluding hydrogens is 358 g/mol. The molecule has 7 heteroatoms. The maximum absolute atomic E-state index is 11.4. The predicted molar refractivity (Wildman–Crippen MR) is 106 cm³/mol. The van der Waals surface area contributed by atoms with E-state index in [1.165, 1.54) is 0 Å². The van der Waals surface area contributed by atoms with Gasteiger partial charge in [0.2, 0.25) is 0 Å². The summed E-state index contributed by atoms with van der Waals surface area (Å²) in [4.78, 5) is 20.7. The number of aromatic nitrogens is 2. The van der Waals surface area contributed by atoms with Gasteiger partial charge in [-0.1, -0.05) is 0 Å². The van der Waals surface area contributed by atoms with Gasteiger partial charge in [-0.15, -0.1) is 0 Å². The van der Waals surface area contributed by atoms with Crippen molar-refractivity contribution < 1.29 is 19.0 Å². The summed E-state index contributed by atoms with van der Waals surface area (Å²) in [5, 5.41) is 4.24. The topological polar surface area (TPSA) is 82.6 Å². The number of hydrogen-bond acceptors (Lipinski definition) is 7. The summed E-state index contributed by atoms with van der Waals surface area (Å²) in [5.41, 5.74) is 2.48. The standard InChI is InChI=1S/C21H21N3O4/c1-26-19-6-5-13(8-20(19)27-2)17-10-18-16(4-3-7-22-18)21(24-17)23-11-15-9-14(25)12-28-15/h3-8,10,15H,9,11-12H2,1-2H3,(H,23,24). The lowest BCUT2D eigenvalue weighted by Gasteiger charge is -2.14. The monoisotopic (exact) mass is 379 g/mol. The van der Waals surface area contributed by atoms with Crippen LogP contribution in [0.15, 0.2) is 42.6 Å². The molecule has 1 fully saturated rings. The van der Waals surface area contributed by atoms with Crippen LogP contribution in [0.2, 0.25) is 0 Å². The van der Waals surface area contributed by atoms with Crippen LogP contribution in [0.4, 0.5) is 5.82 Å². The molecule has 144 valence electrons. The number of pyridine rings is 2. The van der Waals surface area contributed by atoms with Crippen molar-refractivity contribution in [2.75, 3.05) is 32.7 Å². The molecule has 1 saturated heterocycles. The van der Waals surface area contributed by atoms with Crippen molar-refractivity contribution in [3.05, 3.63) is 42.6 Å². The molecule has 0 aliphatic carbocycles. The van der Waals surface area contributed by atoms with Gasteiger partial charge >= 0.3 is 0 Å². The number of nitrogens with one attached hydrogen (secondary N) is 1. The highest BCUT2D eigenvalue weighted by Crippen LogP contribution is 2.33. The van der Waals surface area contributed by atoms with Gasteiger partial charge in [-0.05, 0) is 36.4 Å². The molecule has 0 radical (unpaired) electrons. The first kappa shape index (κ1) is 18.2. The summed E-state index contributed by atoms with van der Waals surface area (Å²) in [5.74, 6) is 2.13. The zero-order valence-electron chi connectivity index (χ0n) is 15.8. The average molecular weight is 379 g/mol. The van der Waals surface area contributed by atoms with Crippen LogP contribution in [0.5, 0.6) is 11.5 Å². The van der Waals surface area contributed by atoms with Crippen LogP contribution in [0.25, 0.3) is 22.2 Å². The highest BCUT2D eigenvalue weighted by Gasteiger charge is 2.23. The molecule has 7 nitrogen and oxygen atoms in total. The number of nitrogens with zero attached hydrogens (tertiary/aromatic N) is 2. The molecule has 28 heavy (non-hydrogen) atoms. The molecule has 1 atom stereocenters. The van der Waals surface area contributed by atoms with Crippen molar-refractivity contribution in [3.63, 3.8) is 0 Å². The number of rotatable bonds is 6. The van der Waals surface area contributed by atoms with Gasteiger partial charge in [-0.25, -0.2) is 4.98 Å². The highest BCUT2D eigenvalue weighted by molar-refractivity contribution is 5.92. The third-order valence-corrected chi connectivity index (χ3v) is 4.71. The van der Waals surface area contributed by atoms with E-state index in [0.717, 1.165) is 22.2 Å². The third kappa shape index (κ3) is 3.61. The Labute approximate surface area is 162 Å². The Bertz CT molecular complexity index is 1020. The highest BCUT2D eigenvalue weighted by atomic mass is 16.5.